The van der Waals surface area contributed by atoms with Gasteiger partial charge in [0, 0.05) is 5.54 Å². The second-order valence-corrected chi connectivity index (χ2v) is 7.92. The number of nitrogens with one attached hydrogen (secondary N) is 2. The summed E-state index contributed by atoms with van der Waals surface area (Å²) >= 11 is 0. The fourth-order valence-corrected chi connectivity index (χ4v) is 4.34. The number of amides is 1. The standard InChI is InChI=1S/C16H31N3O/c1-15(2)12-6-7-13(10-12)16(15,3)18-14(20)11-17-8-9-19(4)5/h12-13,17H,6-11H2,1-5H3,(H,18,20)/p+2/t12-,13-,16-/m1/s1. The highest BCUT2D eigenvalue weighted by atomic mass is 16.2. The summed E-state index contributed by atoms with van der Waals surface area (Å²) < 4.78 is 0. The van der Waals surface area contributed by atoms with Crippen LogP contribution in [0.2, 0.25) is 0 Å². The number of rotatable bonds is 6. The van der Waals surface area contributed by atoms with E-state index in [9.17, 15) is 4.79 Å². The lowest BCUT2D eigenvalue weighted by Crippen LogP contribution is -3.09. The van der Waals surface area contributed by atoms with Crippen LogP contribution in [0, 0.1) is 17.3 Å². The number of fused-ring (bicyclic) bond motifs is 2. The summed E-state index contributed by atoms with van der Waals surface area (Å²) in [6.45, 7) is 9.64. The molecule has 2 aliphatic rings. The zero-order chi connectivity index (χ0) is 15.0. The maximum absolute atomic E-state index is 12.3. The van der Waals surface area contributed by atoms with Crippen LogP contribution in [0.25, 0.3) is 0 Å². The third-order valence-corrected chi connectivity index (χ3v) is 6.19. The molecule has 2 fully saturated rings. The van der Waals surface area contributed by atoms with Crippen LogP contribution < -0.4 is 15.5 Å². The summed E-state index contributed by atoms with van der Waals surface area (Å²) in [6.07, 6.45) is 3.94. The maximum Gasteiger partial charge on any atom is 0.275 e. The lowest BCUT2D eigenvalue weighted by atomic mass is 9.64. The van der Waals surface area contributed by atoms with Gasteiger partial charge in [0.15, 0.2) is 6.54 Å². The Morgan fingerprint density at radius 3 is 2.45 bits per heavy atom. The smallest absolute Gasteiger partial charge is 0.275 e. The monoisotopic (exact) mass is 283 g/mol. The van der Waals surface area contributed by atoms with Gasteiger partial charge in [-0.25, -0.2) is 0 Å². The Hall–Kier alpha value is -0.610. The molecule has 0 aliphatic heterocycles. The molecule has 2 aliphatic carbocycles. The van der Waals surface area contributed by atoms with E-state index in [1.807, 2.05) is 0 Å². The number of likely N-dealkylation sites (N-methyl/N-ethyl adjacent to an activating group) is 1. The number of carbonyl (C=O) groups excluding carboxylic acids is 1. The third-order valence-electron chi connectivity index (χ3n) is 6.19. The molecule has 2 bridgehead atoms. The average Bonchev–Trinajstić information content (AvgIpc) is 2.89. The van der Waals surface area contributed by atoms with E-state index in [1.165, 1.54) is 24.2 Å². The number of carbonyl (C=O) groups is 1. The van der Waals surface area contributed by atoms with Crippen LogP contribution in [0.4, 0.5) is 0 Å². The molecule has 4 heteroatoms. The largest absolute Gasteiger partial charge is 0.345 e. The number of quaternary nitrogens is 2. The van der Waals surface area contributed by atoms with Crippen molar-refractivity contribution in [3.05, 3.63) is 0 Å². The van der Waals surface area contributed by atoms with Gasteiger partial charge in [0.2, 0.25) is 0 Å². The van der Waals surface area contributed by atoms with E-state index >= 15 is 0 Å². The van der Waals surface area contributed by atoms with Crippen molar-refractivity contribution in [1.82, 2.24) is 5.32 Å². The molecule has 0 radical (unpaired) electrons. The van der Waals surface area contributed by atoms with Gasteiger partial charge in [0.25, 0.3) is 5.91 Å². The Kier molecular flexibility index (Phi) is 4.45. The number of hydrogen-bond donors (Lipinski definition) is 3. The van der Waals surface area contributed by atoms with E-state index in [0.717, 1.165) is 19.0 Å². The highest BCUT2D eigenvalue weighted by Gasteiger charge is 2.60. The van der Waals surface area contributed by atoms with Gasteiger partial charge in [-0.05, 0) is 43.4 Å². The Labute approximate surface area is 123 Å². The van der Waals surface area contributed by atoms with Crippen molar-refractivity contribution < 1.29 is 15.0 Å². The van der Waals surface area contributed by atoms with Crippen molar-refractivity contribution in [2.75, 3.05) is 33.7 Å². The van der Waals surface area contributed by atoms with Gasteiger partial charge < -0.3 is 15.5 Å². The van der Waals surface area contributed by atoms with Crippen molar-refractivity contribution in [3.63, 3.8) is 0 Å². The number of hydrogen-bond acceptors (Lipinski definition) is 1. The molecule has 1 amide bonds. The maximum atomic E-state index is 12.3. The summed E-state index contributed by atoms with van der Waals surface area (Å²) in [4.78, 5) is 13.7. The average molecular weight is 283 g/mol. The Bertz CT molecular complexity index is 367. The molecule has 0 aromatic carbocycles. The molecule has 0 heterocycles. The molecule has 0 unspecified atom stereocenters. The summed E-state index contributed by atoms with van der Waals surface area (Å²) in [5, 5.41) is 5.52. The van der Waals surface area contributed by atoms with Crippen LogP contribution in [-0.2, 0) is 4.79 Å². The summed E-state index contributed by atoms with van der Waals surface area (Å²) in [7, 11) is 4.29. The molecule has 4 nitrogen and oxygen atoms in total. The third kappa shape index (κ3) is 2.73. The van der Waals surface area contributed by atoms with Crippen molar-refractivity contribution >= 4 is 5.91 Å². The molecular weight excluding hydrogens is 250 g/mol. The van der Waals surface area contributed by atoms with E-state index in [4.69, 9.17) is 0 Å². The molecule has 3 atom stereocenters. The summed E-state index contributed by atoms with van der Waals surface area (Å²) in [5.74, 6) is 1.68. The van der Waals surface area contributed by atoms with E-state index in [1.54, 1.807) is 0 Å². The van der Waals surface area contributed by atoms with Gasteiger partial charge in [0.1, 0.15) is 13.1 Å². The minimum Gasteiger partial charge on any atom is -0.345 e. The molecule has 0 aromatic rings. The van der Waals surface area contributed by atoms with Crippen LogP contribution in [0.3, 0.4) is 0 Å². The highest BCUT2D eigenvalue weighted by molar-refractivity contribution is 5.77. The van der Waals surface area contributed by atoms with Gasteiger partial charge >= 0.3 is 0 Å². The first-order valence-corrected chi connectivity index (χ1v) is 8.19. The normalized spacial score (nSPS) is 34.7. The molecule has 2 saturated carbocycles. The Balaban J connectivity index is 1.84. The van der Waals surface area contributed by atoms with Gasteiger partial charge in [-0.1, -0.05) is 13.8 Å². The molecular formula is C16H33N3O+2. The molecule has 20 heavy (non-hydrogen) atoms. The zero-order valence-corrected chi connectivity index (χ0v) is 13.9. The first kappa shape index (κ1) is 15.8. The lowest BCUT2D eigenvalue weighted by molar-refractivity contribution is -0.873. The van der Waals surface area contributed by atoms with E-state index in [2.05, 4.69) is 45.5 Å². The number of nitrogens with two attached hydrogens (primary N) is 1. The quantitative estimate of drug-likeness (QED) is 0.540. The van der Waals surface area contributed by atoms with Crippen molar-refractivity contribution in [2.45, 2.75) is 45.6 Å². The Morgan fingerprint density at radius 2 is 1.90 bits per heavy atom. The molecule has 0 saturated heterocycles. The van der Waals surface area contributed by atoms with E-state index in [-0.39, 0.29) is 16.9 Å². The zero-order valence-electron chi connectivity index (χ0n) is 13.9. The molecule has 4 N–H and O–H groups in total. The second kappa shape index (κ2) is 5.64. The van der Waals surface area contributed by atoms with Crippen LogP contribution in [0.15, 0.2) is 0 Å². The van der Waals surface area contributed by atoms with Crippen LogP contribution in [0.5, 0.6) is 0 Å². The van der Waals surface area contributed by atoms with Crippen LogP contribution in [-0.4, -0.2) is 45.2 Å². The first-order chi connectivity index (χ1) is 9.27. The second-order valence-electron chi connectivity index (χ2n) is 7.92. The van der Waals surface area contributed by atoms with E-state index in [0.29, 0.717) is 12.5 Å². The first-order valence-electron chi connectivity index (χ1n) is 8.19. The van der Waals surface area contributed by atoms with Gasteiger partial charge in [-0.3, -0.25) is 4.79 Å². The summed E-state index contributed by atoms with van der Waals surface area (Å²) in [6, 6.07) is 0. The van der Waals surface area contributed by atoms with E-state index < -0.39 is 0 Å². The predicted molar refractivity (Wildman–Crippen MR) is 80.5 cm³/mol. The predicted octanol–water partition coefficient (Wildman–Crippen LogP) is -0.975. The van der Waals surface area contributed by atoms with Crippen LogP contribution >= 0.6 is 0 Å². The minimum atomic E-state index is -0.00631. The molecule has 0 spiro atoms. The topological polar surface area (TPSA) is 50.2 Å². The minimum absolute atomic E-state index is 0.00631. The fraction of sp³-hybridized carbons (Fsp3) is 0.938. The molecule has 2 rings (SSSR count). The lowest BCUT2D eigenvalue weighted by Gasteiger charge is -2.48. The van der Waals surface area contributed by atoms with Gasteiger partial charge in [0.05, 0.1) is 14.1 Å². The van der Waals surface area contributed by atoms with Gasteiger partial charge in [-0.2, -0.15) is 0 Å². The fourth-order valence-electron chi connectivity index (χ4n) is 4.34. The summed E-state index contributed by atoms with van der Waals surface area (Å²) in [5.41, 5.74) is 0.229. The van der Waals surface area contributed by atoms with Crippen molar-refractivity contribution in [2.24, 2.45) is 17.3 Å². The van der Waals surface area contributed by atoms with Crippen LogP contribution in [0.1, 0.15) is 40.0 Å². The molecule has 116 valence electrons. The highest BCUT2D eigenvalue weighted by Crippen LogP contribution is 2.61. The van der Waals surface area contributed by atoms with Gasteiger partial charge in [-0.15, -0.1) is 0 Å². The van der Waals surface area contributed by atoms with Crippen molar-refractivity contribution in [1.29, 1.82) is 0 Å². The molecule has 0 aromatic heterocycles. The SMILES string of the molecule is C[NH+](C)CC[NH2+]CC(=O)N[C@]1(C)[C@@H]2CC[C@H](C2)C1(C)C. The van der Waals surface area contributed by atoms with Crippen molar-refractivity contribution in [3.8, 4) is 0 Å². The Morgan fingerprint density at radius 1 is 1.25 bits per heavy atom.